The summed E-state index contributed by atoms with van der Waals surface area (Å²) >= 11 is 0. The third-order valence-corrected chi connectivity index (χ3v) is 4.91. The SMILES string of the molecule is O=S(=O)(O)c1cc(-c2nnc(-c3ccccc3)nn2)cc(S(=O)(=O)O)c1. The summed E-state index contributed by atoms with van der Waals surface area (Å²) in [5.74, 6) is 0.00960. The van der Waals surface area contributed by atoms with Crippen LogP contribution in [0.3, 0.4) is 0 Å². The third kappa shape index (κ3) is 3.88. The highest BCUT2D eigenvalue weighted by atomic mass is 32.2. The van der Waals surface area contributed by atoms with Crippen molar-refractivity contribution in [3.05, 3.63) is 48.5 Å². The molecule has 0 aliphatic rings. The van der Waals surface area contributed by atoms with Crippen LogP contribution < -0.4 is 0 Å². The quantitative estimate of drug-likeness (QED) is 0.613. The second-order valence-corrected chi connectivity index (χ2v) is 7.90. The summed E-state index contributed by atoms with van der Waals surface area (Å²) in [5.41, 5.74) is 0.525. The summed E-state index contributed by atoms with van der Waals surface area (Å²) in [4.78, 5) is -1.50. The first-order valence-corrected chi connectivity index (χ1v) is 9.76. The van der Waals surface area contributed by atoms with Gasteiger partial charge in [-0.25, -0.2) is 0 Å². The molecular weight excluding hydrogens is 384 g/mol. The predicted molar refractivity (Wildman–Crippen MR) is 88.1 cm³/mol. The zero-order valence-electron chi connectivity index (χ0n) is 12.8. The smallest absolute Gasteiger partial charge is 0.282 e. The summed E-state index contributed by atoms with van der Waals surface area (Å²) in [7, 11) is -9.48. The zero-order valence-corrected chi connectivity index (χ0v) is 14.4. The Morgan fingerprint density at radius 2 is 1.04 bits per heavy atom. The van der Waals surface area contributed by atoms with Crippen LogP contribution in [0.5, 0.6) is 0 Å². The van der Waals surface area contributed by atoms with E-state index in [1.807, 2.05) is 0 Å². The highest BCUT2D eigenvalue weighted by molar-refractivity contribution is 7.86. The normalized spacial score (nSPS) is 12.1. The molecule has 12 heteroatoms. The van der Waals surface area contributed by atoms with Crippen LogP contribution >= 0.6 is 0 Å². The molecule has 26 heavy (non-hydrogen) atoms. The fourth-order valence-corrected chi connectivity index (χ4v) is 3.22. The maximum absolute atomic E-state index is 11.3. The Kier molecular flexibility index (Phi) is 4.50. The van der Waals surface area contributed by atoms with Gasteiger partial charge >= 0.3 is 0 Å². The maximum Gasteiger partial charge on any atom is 0.294 e. The van der Waals surface area contributed by atoms with Crippen LogP contribution in [-0.2, 0) is 20.2 Å². The van der Waals surface area contributed by atoms with Gasteiger partial charge in [-0.05, 0) is 18.2 Å². The van der Waals surface area contributed by atoms with Gasteiger partial charge in [0.2, 0.25) is 11.6 Å². The second kappa shape index (κ2) is 6.49. The molecule has 0 aliphatic carbocycles. The molecule has 0 spiro atoms. The van der Waals surface area contributed by atoms with Crippen molar-refractivity contribution in [2.45, 2.75) is 9.79 Å². The van der Waals surface area contributed by atoms with Gasteiger partial charge in [0.15, 0.2) is 0 Å². The van der Waals surface area contributed by atoms with Crippen molar-refractivity contribution in [1.29, 1.82) is 0 Å². The second-order valence-electron chi connectivity index (χ2n) is 5.06. The molecule has 134 valence electrons. The van der Waals surface area contributed by atoms with Gasteiger partial charge < -0.3 is 0 Å². The van der Waals surface area contributed by atoms with Gasteiger partial charge in [0.25, 0.3) is 20.2 Å². The van der Waals surface area contributed by atoms with E-state index in [0.29, 0.717) is 11.6 Å². The van der Waals surface area contributed by atoms with Gasteiger partial charge in [-0.2, -0.15) is 16.8 Å². The van der Waals surface area contributed by atoms with Crippen LogP contribution in [0.25, 0.3) is 22.8 Å². The minimum absolute atomic E-state index is 0.118. The van der Waals surface area contributed by atoms with E-state index in [-0.39, 0.29) is 17.2 Å². The molecule has 1 heterocycles. The average Bonchev–Trinajstić information content (AvgIpc) is 2.61. The van der Waals surface area contributed by atoms with Gasteiger partial charge in [0, 0.05) is 11.1 Å². The van der Waals surface area contributed by atoms with Crippen molar-refractivity contribution in [2.24, 2.45) is 0 Å². The fourth-order valence-electron chi connectivity index (χ4n) is 2.05. The van der Waals surface area contributed by atoms with E-state index < -0.39 is 30.0 Å². The number of benzene rings is 2. The molecule has 2 aromatic carbocycles. The summed E-state index contributed by atoms with van der Waals surface area (Å²) in [5, 5.41) is 15.3. The van der Waals surface area contributed by atoms with E-state index in [2.05, 4.69) is 20.4 Å². The molecule has 2 N–H and O–H groups in total. The Morgan fingerprint density at radius 3 is 1.46 bits per heavy atom. The van der Waals surface area contributed by atoms with Gasteiger partial charge in [-0.3, -0.25) is 9.11 Å². The average molecular weight is 394 g/mol. The van der Waals surface area contributed by atoms with E-state index in [9.17, 15) is 16.8 Å². The van der Waals surface area contributed by atoms with Crippen LogP contribution in [-0.4, -0.2) is 46.3 Å². The number of nitrogens with zero attached hydrogens (tertiary/aromatic N) is 4. The van der Waals surface area contributed by atoms with E-state index >= 15 is 0 Å². The number of hydrogen-bond acceptors (Lipinski definition) is 8. The summed E-state index contributed by atoms with van der Waals surface area (Å²) in [6, 6.07) is 11.3. The van der Waals surface area contributed by atoms with Gasteiger partial charge in [0.1, 0.15) is 0 Å². The Hall–Kier alpha value is -2.80. The molecule has 0 atom stereocenters. The van der Waals surface area contributed by atoms with E-state index in [0.717, 1.165) is 12.1 Å². The Balaban J connectivity index is 2.11. The summed E-state index contributed by atoms with van der Waals surface area (Å²) in [6.45, 7) is 0. The van der Waals surface area contributed by atoms with Crippen LogP contribution in [0.4, 0.5) is 0 Å². The third-order valence-electron chi connectivity index (χ3n) is 3.24. The Labute approximate surface area is 148 Å². The summed E-state index contributed by atoms with van der Waals surface area (Å²) in [6.07, 6.45) is 0. The largest absolute Gasteiger partial charge is 0.294 e. The van der Waals surface area contributed by atoms with Crippen molar-refractivity contribution in [3.8, 4) is 22.8 Å². The number of aromatic nitrogens is 4. The van der Waals surface area contributed by atoms with Crippen LogP contribution in [0.2, 0.25) is 0 Å². The Bertz CT molecular complexity index is 1110. The minimum atomic E-state index is -4.74. The minimum Gasteiger partial charge on any atom is -0.282 e. The predicted octanol–water partition coefficient (Wildman–Crippen LogP) is 1.09. The lowest BCUT2D eigenvalue weighted by Gasteiger charge is -2.05. The van der Waals surface area contributed by atoms with E-state index in [4.69, 9.17) is 9.11 Å². The van der Waals surface area contributed by atoms with Crippen molar-refractivity contribution >= 4 is 20.2 Å². The zero-order chi connectivity index (χ0) is 18.9. The standard InChI is InChI=1S/C14H10N4O6S2/c19-25(20,21)11-6-10(7-12(8-11)26(22,23)24)14-17-15-13(16-18-14)9-4-2-1-3-5-9/h1-8H,(H,19,20,21)(H,22,23,24). The lowest BCUT2D eigenvalue weighted by Crippen LogP contribution is -2.05. The molecule has 3 aromatic rings. The first-order valence-electron chi connectivity index (χ1n) is 6.88. The topological polar surface area (TPSA) is 160 Å². The molecule has 0 unspecified atom stereocenters. The van der Waals surface area contributed by atoms with Crippen LogP contribution in [0.1, 0.15) is 0 Å². The molecule has 0 saturated heterocycles. The van der Waals surface area contributed by atoms with Crippen LogP contribution in [0.15, 0.2) is 58.3 Å². The number of rotatable bonds is 4. The molecule has 1 aromatic heterocycles. The molecule has 0 bridgehead atoms. The molecule has 0 fully saturated rings. The van der Waals surface area contributed by atoms with Crippen molar-refractivity contribution in [3.63, 3.8) is 0 Å². The molecule has 10 nitrogen and oxygen atoms in total. The first kappa shape index (κ1) is 18.0. The molecule has 0 radical (unpaired) electrons. The fraction of sp³-hybridized carbons (Fsp3) is 0. The highest BCUT2D eigenvalue weighted by Crippen LogP contribution is 2.24. The van der Waals surface area contributed by atoms with Gasteiger partial charge in [-0.1, -0.05) is 30.3 Å². The van der Waals surface area contributed by atoms with Crippen molar-refractivity contribution < 1.29 is 25.9 Å². The highest BCUT2D eigenvalue weighted by Gasteiger charge is 2.20. The molecule has 0 saturated carbocycles. The molecule has 0 aliphatic heterocycles. The lowest BCUT2D eigenvalue weighted by atomic mass is 10.2. The van der Waals surface area contributed by atoms with Crippen LogP contribution in [0, 0.1) is 0 Å². The monoisotopic (exact) mass is 394 g/mol. The Morgan fingerprint density at radius 1 is 0.615 bits per heavy atom. The lowest BCUT2D eigenvalue weighted by molar-refractivity contribution is 0.481. The maximum atomic E-state index is 11.3. The first-order chi connectivity index (χ1) is 12.1. The molecular formula is C14H10N4O6S2. The van der Waals surface area contributed by atoms with Crippen molar-refractivity contribution in [1.82, 2.24) is 20.4 Å². The molecule has 0 amide bonds. The van der Waals surface area contributed by atoms with Gasteiger partial charge in [-0.15, -0.1) is 20.4 Å². The van der Waals surface area contributed by atoms with E-state index in [1.165, 1.54) is 0 Å². The molecule has 3 rings (SSSR count). The van der Waals surface area contributed by atoms with Gasteiger partial charge in [0.05, 0.1) is 9.79 Å². The summed E-state index contributed by atoms with van der Waals surface area (Å²) < 4.78 is 63.7. The van der Waals surface area contributed by atoms with E-state index in [1.54, 1.807) is 30.3 Å². The number of hydrogen-bond donors (Lipinski definition) is 2. The van der Waals surface area contributed by atoms with Crippen molar-refractivity contribution in [2.75, 3.05) is 0 Å².